The molecule has 26 heavy (non-hydrogen) atoms. The van der Waals surface area contributed by atoms with Gasteiger partial charge in [-0.2, -0.15) is 0 Å². The maximum absolute atomic E-state index is 12.3. The first-order chi connectivity index (χ1) is 12.7. The molecule has 0 aromatic carbocycles. The molecule has 0 radical (unpaired) electrons. The first kappa shape index (κ1) is 16.6. The average Bonchev–Trinajstić information content (AvgIpc) is 3.39. The Kier molecular flexibility index (Phi) is 4.61. The van der Waals surface area contributed by atoms with Gasteiger partial charge in [-0.1, -0.05) is 0 Å². The molecule has 1 fully saturated rings. The Balaban J connectivity index is 1.32. The van der Waals surface area contributed by atoms with E-state index in [0.717, 1.165) is 29.7 Å². The van der Waals surface area contributed by atoms with Gasteiger partial charge in [-0.25, -0.2) is 4.98 Å². The molecule has 1 N–H and O–H groups in total. The van der Waals surface area contributed by atoms with E-state index in [0.29, 0.717) is 25.4 Å². The van der Waals surface area contributed by atoms with E-state index in [4.69, 9.17) is 4.42 Å². The van der Waals surface area contributed by atoms with E-state index < -0.39 is 0 Å². The number of fused-ring (bicyclic) bond motifs is 1. The molecule has 0 spiro atoms. The minimum absolute atomic E-state index is 0.0596. The van der Waals surface area contributed by atoms with Gasteiger partial charge in [0, 0.05) is 51.0 Å². The van der Waals surface area contributed by atoms with Crippen LogP contribution in [-0.4, -0.2) is 64.3 Å². The van der Waals surface area contributed by atoms with E-state index in [2.05, 4.69) is 20.2 Å². The molecule has 9 heteroatoms. The zero-order valence-corrected chi connectivity index (χ0v) is 15.3. The maximum Gasteiger partial charge on any atom is 0.289 e. The molecule has 3 aromatic rings. The second kappa shape index (κ2) is 7.20. The summed E-state index contributed by atoms with van der Waals surface area (Å²) in [5.41, 5.74) is 0.977. The van der Waals surface area contributed by atoms with Crippen LogP contribution in [0.4, 0.5) is 0 Å². The Morgan fingerprint density at radius 2 is 2.15 bits per heavy atom. The number of amides is 1. The van der Waals surface area contributed by atoms with Crippen molar-refractivity contribution in [1.29, 1.82) is 0 Å². The largest absolute Gasteiger partial charge is 0.459 e. The van der Waals surface area contributed by atoms with Gasteiger partial charge >= 0.3 is 0 Å². The number of imidazole rings is 1. The third kappa shape index (κ3) is 3.30. The molecule has 0 saturated carbocycles. The monoisotopic (exact) mass is 372 g/mol. The molecular formula is C17H20N6O2S. The normalized spacial score (nSPS) is 15.7. The number of nitrogens with zero attached hydrogens (tertiary/aromatic N) is 5. The van der Waals surface area contributed by atoms with Gasteiger partial charge < -0.3 is 19.5 Å². The van der Waals surface area contributed by atoms with Gasteiger partial charge in [-0.15, -0.1) is 11.3 Å². The number of aromatic nitrogens is 2. The Labute approximate surface area is 154 Å². The number of rotatable bonds is 3. The fourth-order valence-electron chi connectivity index (χ4n) is 3.04. The molecule has 1 aliphatic heterocycles. The summed E-state index contributed by atoms with van der Waals surface area (Å²) in [6.45, 7) is 3.35. The van der Waals surface area contributed by atoms with E-state index in [9.17, 15) is 4.79 Å². The van der Waals surface area contributed by atoms with Crippen LogP contribution in [0.25, 0.3) is 4.96 Å². The highest BCUT2D eigenvalue weighted by Gasteiger charge is 2.25. The lowest BCUT2D eigenvalue weighted by Crippen LogP contribution is -2.53. The van der Waals surface area contributed by atoms with Crippen molar-refractivity contribution in [3.63, 3.8) is 0 Å². The first-order valence-corrected chi connectivity index (χ1v) is 9.32. The van der Waals surface area contributed by atoms with E-state index in [-0.39, 0.29) is 5.91 Å². The number of thiazole rings is 1. The molecule has 3 aromatic heterocycles. The number of furan rings is 1. The molecule has 1 aliphatic rings. The Bertz CT molecular complexity index is 876. The minimum Gasteiger partial charge on any atom is -0.459 e. The summed E-state index contributed by atoms with van der Waals surface area (Å²) in [4.78, 5) is 26.2. The van der Waals surface area contributed by atoms with E-state index >= 15 is 0 Å². The summed E-state index contributed by atoms with van der Waals surface area (Å²) in [6, 6.07) is 3.43. The molecule has 0 aliphatic carbocycles. The molecular weight excluding hydrogens is 352 g/mol. The highest BCUT2D eigenvalue weighted by Crippen LogP contribution is 2.12. The number of nitrogens with one attached hydrogen (secondary N) is 1. The van der Waals surface area contributed by atoms with Gasteiger partial charge in [-0.05, 0) is 12.1 Å². The van der Waals surface area contributed by atoms with Gasteiger partial charge in [0.25, 0.3) is 5.91 Å². The van der Waals surface area contributed by atoms with Crippen LogP contribution in [0.15, 0.2) is 45.6 Å². The van der Waals surface area contributed by atoms with E-state index in [1.54, 1.807) is 30.5 Å². The average molecular weight is 372 g/mol. The van der Waals surface area contributed by atoms with Crippen molar-refractivity contribution in [2.24, 2.45) is 4.99 Å². The number of hydrogen-bond donors (Lipinski definition) is 1. The smallest absolute Gasteiger partial charge is 0.289 e. The van der Waals surface area contributed by atoms with Gasteiger partial charge in [0.05, 0.1) is 18.5 Å². The van der Waals surface area contributed by atoms with Crippen molar-refractivity contribution >= 4 is 28.2 Å². The predicted molar refractivity (Wildman–Crippen MR) is 99.5 cm³/mol. The molecule has 1 amide bonds. The van der Waals surface area contributed by atoms with E-state index in [1.165, 1.54) is 6.26 Å². The SMILES string of the molecule is CN=C(NCc1cn2ccsc2n1)N1CCN(C(=O)c2ccco2)CC1. The Hall–Kier alpha value is -2.81. The minimum atomic E-state index is -0.0596. The van der Waals surface area contributed by atoms with Crippen LogP contribution in [0, 0.1) is 0 Å². The second-order valence-corrected chi connectivity index (χ2v) is 6.86. The fraction of sp³-hybridized carbons (Fsp3) is 0.353. The van der Waals surface area contributed by atoms with Crippen molar-refractivity contribution < 1.29 is 9.21 Å². The number of guanidine groups is 1. The lowest BCUT2D eigenvalue weighted by molar-refractivity contribution is 0.0657. The molecule has 0 atom stereocenters. The number of carbonyl (C=O) groups excluding carboxylic acids is 1. The van der Waals surface area contributed by atoms with Gasteiger partial charge in [0.15, 0.2) is 16.7 Å². The third-order valence-corrected chi connectivity index (χ3v) is 5.15. The van der Waals surface area contributed by atoms with Crippen molar-refractivity contribution in [1.82, 2.24) is 24.5 Å². The maximum atomic E-state index is 12.3. The highest BCUT2D eigenvalue weighted by molar-refractivity contribution is 7.15. The molecule has 1 saturated heterocycles. The standard InChI is InChI=1S/C17H20N6O2S/c1-18-16(19-11-13-12-23-8-10-26-17(23)20-13)22-6-4-21(5-7-22)15(24)14-3-2-9-25-14/h2-3,8-10,12H,4-7,11H2,1H3,(H,18,19). The third-order valence-electron chi connectivity index (χ3n) is 4.38. The summed E-state index contributed by atoms with van der Waals surface area (Å²) < 4.78 is 7.22. The molecule has 4 rings (SSSR count). The zero-order chi connectivity index (χ0) is 17.9. The first-order valence-electron chi connectivity index (χ1n) is 8.44. The van der Waals surface area contributed by atoms with Gasteiger partial charge in [0.2, 0.25) is 0 Å². The van der Waals surface area contributed by atoms with Crippen LogP contribution in [0.3, 0.4) is 0 Å². The number of hydrogen-bond acceptors (Lipinski definition) is 5. The van der Waals surface area contributed by atoms with Gasteiger partial charge in [0.1, 0.15) is 0 Å². The van der Waals surface area contributed by atoms with Crippen molar-refractivity contribution in [2.45, 2.75) is 6.54 Å². The van der Waals surface area contributed by atoms with Crippen LogP contribution in [0.5, 0.6) is 0 Å². The van der Waals surface area contributed by atoms with Crippen molar-refractivity contribution in [2.75, 3.05) is 33.2 Å². The van der Waals surface area contributed by atoms with Crippen LogP contribution < -0.4 is 5.32 Å². The molecule has 0 unspecified atom stereocenters. The van der Waals surface area contributed by atoms with Crippen LogP contribution in [-0.2, 0) is 6.54 Å². The number of aliphatic imine (C=N–C) groups is 1. The lowest BCUT2D eigenvalue weighted by atomic mass is 10.3. The van der Waals surface area contributed by atoms with Crippen molar-refractivity contribution in [3.8, 4) is 0 Å². The molecule has 8 nitrogen and oxygen atoms in total. The fourth-order valence-corrected chi connectivity index (χ4v) is 3.76. The summed E-state index contributed by atoms with van der Waals surface area (Å²) >= 11 is 1.62. The highest BCUT2D eigenvalue weighted by atomic mass is 32.1. The van der Waals surface area contributed by atoms with E-state index in [1.807, 2.05) is 27.1 Å². The molecule has 136 valence electrons. The second-order valence-electron chi connectivity index (χ2n) is 5.98. The van der Waals surface area contributed by atoms with Crippen LogP contribution in [0.1, 0.15) is 16.2 Å². The summed E-state index contributed by atoms with van der Waals surface area (Å²) in [5.74, 6) is 1.16. The predicted octanol–water partition coefficient (Wildman–Crippen LogP) is 1.52. The lowest BCUT2D eigenvalue weighted by Gasteiger charge is -2.36. The quantitative estimate of drug-likeness (QED) is 0.557. The number of piperazine rings is 1. The Morgan fingerprint density at radius 1 is 1.35 bits per heavy atom. The topological polar surface area (TPSA) is 78.4 Å². The van der Waals surface area contributed by atoms with Gasteiger partial charge in [-0.3, -0.25) is 14.2 Å². The summed E-state index contributed by atoms with van der Waals surface area (Å²) in [6.07, 6.45) is 5.54. The zero-order valence-electron chi connectivity index (χ0n) is 14.5. The summed E-state index contributed by atoms with van der Waals surface area (Å²) in [5, 5.41) is 5.38. The summed E-state index contributed by atoms with van der Waals surface area (Å²) in [7, 11) is 1.77. The number of carbonyl (C=O) groups is 1. The van der Waals surface area contributed by atoms with Crippen LogP contribution in [0.2, 0.25) is 0 Å². The molecule has 0 bridgehead atoms. The van der Waals surface area contributed by atoms with Crippen molar-refractivity contribution in [3.05, 3.63) is 47.6 Å². The molecule has 4 heterocycles. The Morgan fingerprint density at radius 3 is 2.85 bits per heavy atom. The van der Waals surface area contributed by atoms with Crippen LogP contribution >= 0.6 is 11.3 Å².